The molecule has 0 radical (unpaired) electrons. The normalized spacial score (nSPS) is 24.4. The molecule has 1 fully saturated rings. The van der Waals surface area contributed by atoms with Crippen LogP contribution in [0.3, 0.4) is 0 Å². The maximum atomic E-state index is 12.6. The number of ether oxygens (including phenoxy) is 1. The van der Waals surface area contributed by atoms with Crippen molar-refractivity contribution in [3.8, 4) is 0 Å². The molecule has 118 valence electrons. The van der Waals surface area contributed by atoms with Gasteiger partial charge in [-0.2, -0.15) is 0 Å². The average Bonchev–Trinajstić information content (AvgIpc) is 2.44. The summed E-state index contributed by atoms with van der Waals surface area (Å²) in [5, 5.41) is 3.05. The van der Waals surface area contributed by atoms with Gasteiger partial charge in [0.1, 0.15) is 4.90 Å². The highest BCUT2D eigenvalue weighted by molar-refractivity contribution is 7.89. The lowest BCUT2D eigenvalue weighted by molar-refractivity contribution is -0.0908. The Balaban J connectivity index is 2.21. The van der Waals surface area contributed by atoms with Crippen molar-refractivity contribution in [3.05, 3.63) is 18.5 Å². The lowest BCUT2D eigenvalue weighted by Gasteiger charge is -2.50. The minimum atomic E-state index is -3.61. The second-order valence-corrected chi connectivity index (χ2v) is 7.54. The zero-order valence-corrected chi connectivity index (χ0v) is 13.7. The molecule has 0 bridgehead atoms. The number of nitrogens with zero attached hydrogens (tertiary/aromatic N) is 1. The third-order valence-corrected chi connectivity index (χ3v) is 5.70. The Kier molecular flexibility index (Phi) is 4.55. The molecule has 2 N–H and O–H groups in total. The molecule has 0 aromatic carbocycles. The van der Waals surface area contributed by atoms with Crippen molar-refractivity contribution in [1.29, 1.82) is 0 Å². The van der Waals surface area contributed by atoms with Crippen molar-refractivity contribution in [2.75, 3.05) is 19.0 Å². The summed E-state index contributed by atoms with van der Waals surface area (Å²) in [5.41, 5.74) is 0.350. The van der Waals surface area contributed by atoms with Crippen LogP contribution in [0.15, 0.2) is 23.4 Å². The highest BCUT2D eigenvalue weighted by Crippen LogP contribution is 2.43. The van der Waals surface area contributed by atoms with Gasteiger partial charge >= 0.3 is 0 Å². The van der Waals surface area contributed by atoms with Crippen LogP contribution in [-0.4, -0.2) is 39.2 Å². The third-order valence-electron chi connectivity index (χ3n) is 4.20. The van der Waals surface area contributed by atoms with E-state index in [2.05, 4.69) is 15.0 Å². The number of nitrogens with one attached hydrogen (secondary N) is 2. The van der Waals surface area contributed by atoms with Crippen molar-refractivity contribution in [2.24, 2.45) is 5.41 Å². The Morgan fingerprint density at radius 3 is 2.76 bits per heavy atom. The molecule has 0 aliphatic heterocycles. The highest BCUT2D eigenvalue weighted by Gasteiger charge is 2.50. The van der Waals surface area contributed by atoms with Crippen LogP contribution in [0.5, 0.6) is 0 Å². The standard InChI is InChI=1S/C14H23N3O3S/c1-5-16-10-6-7-15-9-11(10)21(18,19)17-12-8-13(20-4)14(12,2)3/h6-7,9,12-13,17H,5,8H2,1-4H3,(H,15,16). The summed E-state index contributed by atoms with van der Waals surface area (Å²) in [5.74, 6) is 0. The Morgan fingerprint density at radius 1 is 1.48 bits per heavy atom. The molecule has 7 heteroatoms. The molecular weight excluding hydrogens is 290 g/mol. The van der Waals surface area contributed by atoms with E-state index in [1.807, 2.05) is 20.8 Å². The summed E-state index contributed by atoms with van der Waals surface area (Å²) >= 11 is 0. The van der Waals surface area contributed by atoms with Gasteiger partial charge < -0.3 is 10.1 Å². The van der Waals surface area contributed by atoms with Gasteiger partial charge in [0.05, 0.1) is 11.8 Å². The van der Waals surface area contributed by atoms with E-state index in [0.29, 0.717) is 18.7 Å². The fraction of sp³-hybridized carbons (Fsp3) is 0.643. The Bertz CT molecular complexity index is 601. The molecule has 0 saturated heterocycles. The summed E-state index contributed by atoms with van der Waals surface area (Å²) in [6.07, 6.45) is 3.71. The van der Waals surface area contributed by atoms with E-state index in [0.717, 1.165) is 0 Å². The maximum absolute atomic E-state index is 12.6. The second kappa shape index (κ2) is 5.90. The molecule has 2 rings (SSSR count). The monoisotopic (exact) mass is 313 g/mol. The molecule has 1 saturated carbocycles. The van der Waals surface area contributed by atoms with Gasteiger partial charge in [0.2, 0.25) is 10.0 Å². The molecule has 21 heavy (non-hydrogen) atoms. The average molecular weight is 313 g/mol. The van der Waals surface area contributed by atoms with E-state index < -0.39 is 10.0 Å². The first-order chi connectivity index (χ1) is 9.82. The number of rotatable bonds is 6. The zero-order chi connectivity index (χ0) is 15.7. The van der Waals surface area contributed by atoms with Gasteiger partial charge in [0.15, 0.2) is 0 Å². The van der Waals surface area contributed by atoms with Gasteiger partial charge in [-0.05, 0) is 19.4 Å². The number of hydrogen-bond donors (Lipinski definition) is 2. The Labute approximate surface area is 126 Å². The molecule has 1 aliphatic carbocycles. The van der Waals surface area contributed by atoms with Crippen molar-refractivity contribution < 1.29 is 13.2 Å². The number of aromatic nitrogens is 1. The number of pyridine rings is 1. The first-order valence-electron chi connectivity index (χ1n) is 7.06. The fourth-order valence-corrected chi connectivity index (χ4v) is 4.20. The van der Waals surface area contributed by atoms with Crippen molar-refractivity contribution in [1.82, 2.24) is 9.71 Å². The third kappa shape index (κ3) is 3.04. The number of sulfonamides is 1. The minimum Gasteiger partial charge on any atom is -0.384 e. The minimum absolute atomic E-state index is 0.0762. The Morgan fingerprint density at radius 2 is 2.19 bits per heavy atom. The smallest absolute Gasteiger partial charge is 0.244 e. The lowest BCUT2D eigenvalue weighted by Crippen LogP contribution is -2.61. The van der Waals surface area contributed by atoms with Gasteiger partial charge in [-0.3, -0.25) is 4.98 Å². The quantitative estimate of drug-likeness (QED) is 0.834. The molecular formula is C14H23N3O3S. The van der Waals surface area contributed by atoms with Crippen LogP contribution in [0.4, 0.5) is 5.69 Å². The largest absolute Gasteiger partial charge is 0.384 e. The molecule has 2 atom stereocenters. The van der Waals surface area contributed by atoms with E-state index >= 15 is 0 Å². The predicted molar refractivity (Wildman–Crippen MR) is 81.7 cm³/mol. The van der Waals surface area contributed by atoms with Crippen LogP contribution in [0.1, 0.15) is 27.2 Å². The fourth-order valence-electron chi connectivity index (χ4n) is 2.67. The van der Waals surface area contributed by atoms with Gasteiger partial charge in [-0.1, -0.05) is 13.8 Å². The van der Waals surface area contributed by atoms with E-state index in [1.165, 1.54) is 6.20 Å². The topological polar surface area (TPSA) is 80.3 Å². The lowest BCUT2D eigenvalue weighted by atomic mass is 9.65. The van der Waals surface area contributed by atoms with Crippen molar-refractivity contribution >= 4 is 15.7 Å². The van der Waals surface area contributed by atoms with E-state index in [1.54, 1.807) is 19.4 Å². The highest BCUT2D eigenvalue weighted by atomic mass is 32.2. The molecule has 6 nitrogen and oxygen atoms in total. The zero-order valence-electron chi connectivity index (χ0n) is 12.9. The van der Waals surface area contributed by atoms with Crippen molar-refractivity contribution in [3.63, 3.8) is 0 Å². The van der Waals surface area contributed by atoms with Crippen LogP contribution < -0.4 is 10.0 Å². The SMILES string of the molecule is CCNc1ccncc1S(=O)(=O)NC1CC(OC)C1(C)C. The van der Waals surface area contributed by atoms with Crippen LogP contribution in [-0.2, 0) is 14.8 Å². The first kappa shape index (κ1) is 16.2. The van der Waals surface area contributed by atoms with Gasteiger partial charge in [-0.25, -0.2) is 13.1 Å². The molecule has 0 spiro atoms. The summed E-state index contributed by atoms with van der Waals surface area (Å²) in [7, 11) is -1.95. The molecule has 1 aliphatic rings. The van der Waals surface area contributed by atoms with Crippen LogP contribution in [0.25, 0.3) is 0 Å². The van der Waals surface area contributed by atoms with Gasteiger partial charge in [0.25, 0.3) is 0 Å². The van der Waals surface area contributed by atoms with Crippen LogP contribution in [0, 0.1) is 5.41 Å². The van der Waals surface area contributed by atoms with Crippen LogP contribution in [0.2, 0.25) is 0 Å². The van der Waals surface area contributed by atoms with E-state index in [9.17, 15) is 8.42 Å². The molecule has 1 aromatic heterocycles. The summed E-state index contributed by atoms with van der Waals surface area (Å²) in [4.78, 5) is 4.11. The van der Waals surface area contributed by atoms with Gasteiger partial charge in [-0.15, -0.1) is 0 Å². The van der Waals surface area contributed by atoms with Crippen LogP contribution >= 0.6 is 0 Å². The number of anilines is 1. The second-order valence-electron chi connectivity index (χ2n) is 5.86. The summed E-state index contributed by atoms with van der Waals surface area (Å²) < 4.78 is 33.3. The molecule has 2 unspecified atom stereocenters. The predicted octanol–water partition coefficient (Wildman–Crippen LogP) is 1.61. The van der Waals surface area contributed by atoms with E-state index in [4.69, 9.17) is 4.74 Å². The summed E-state index contributed by atoms with van der Waals surface area (Å²) in [6.45, 7) is 6.58. The number of methoxy groups -OCH3 is 1. The molecule has 1 aromatic rings. The summed E-state index contributed by atoms with van der Waals surface area (Å²) in [6, 6.07) is 1.53. The molecule has 1 heterocycles. The van der Waals surface area contributed by atoms with E-state index in [-0.39, 0.29) is 22.5 Å². The maximum Gasteiger partial charge on any atom is 0.244 e. The Hall–Kier alpha value is -1.18. The van der Waals surface area contributed by atoms with Gasteiger partial charge in [0, 0.05) is 37.5 Å². The van der Waals surface area contributed by atoms with Crippen molar-refractivity contribution in [2.45, 2.75) is 44.2 Å². The first-order valence-corrected chi connectivity index (χ1v) is 8.54. The number of hydrogen-bond acceptors (Lipinski definition) is 5. The molecule has 0 amide bonds.